The van der Waals surface area contributed by atoms with E-state index in [2.05, 4.69) is 25.7 Å². The Morgan fingerprint density at radius 3 is 2.74 bits per heavy atom. The van der Waals surface area contributed by atoms with Crippen molar-refractivity contribution < 1.29 is 13.2 Å². The molecule has 0 aliphatic heterocycles. The van der Waals surface area contributed by atoms with E-state index in [1.165, 1.54) is 22.2 Å². The number of pyridine rings is 1. The van der Waals surface area contributed by atoms with Crippen LogP contribution in [0.1, 0.15) is 24.7 Å². The molecule has 0 fully saturated rings. The zero-order valence-corrected chi connectivity index (χ0v) is 12.8. The number of aryl methyl sites for hydroxylation is 1. The van der Waals surface area contributed by atoms with Gasteiger partial charge >= 0.3 is 6.18 Å². The predicted octanol–water partition coefficient (Wildman–Crippen LogP) is 2.44. The van der Waals surface area contributed by atoms with Gasteiger partial charge in [0.25, 0.3) is 0 Å². The molecule has 0 N–H and O–H groups in total. The normalized spacial score (nSPS) is 12.2. The fourth-order valence-corrected chi connectivity index (χ4v) is 2.83. The van der Waals surface area contributed by atoms with Crippen LogP contribution in [0.2, 0.25) is 0 Å². The molecule has 3 aromatic heterocycles. The third-order valence-electron chi connectivity index (χ3n) is 3.07. The van der Waals surface area contributed by atoms with Crippen molar-refractivity contribution in [3.05, 3.63) is 29.7 Å². The molecule has 0 unspecified atom stereocenters. The average molecular weight is 343 g/mol. The van der Waals surface area contributed by atoms with Crippen LogP contribution in [0.3, 0.4) is 0 Å². The second kappa shape index (κ2) is 6.14. The van der Waals surface area contributed by atoms with Gasteiger partial charge in [-0.05, 0) is 29.0 Å². The quantitative estimate of drug-likeness (QED) is 0.663. The van der Waals surface area contributed by atoms with Crippen molar-refractivity contribution in [3.63, 3.8) is 0 Å². The van der Waals surface area contributed by atoms with Crippen LogP contribution in [0.5, 0.6) is 0 Å². The maximum absolute atomic E-state index is 12.8. The second-order valence-corrected chi connectivity index (χ2v) is 5.68. The van der Waals surface area contributed by atoms with Gasteiger partial charge < -0.3 is 0 Å². The maximum atomic E-state index is 12.8. The highest BCUT2D eigenvalue weighted by atomic mass is 32.2. The van der Waals surface area contributed by atoms with Crippen molar-refractivity contribution in [2.45, 2.75) is 37.0 Å². The number of aromatic nitrogens is 7. The lowest BCUT2D eigenvalue weighted by Crippen LogP contribution is -2.06. The van der Waals surface area contributed by atoms with E-state index in [-0.39, 0.29) is 0 Å². The van der Waals surface area contributed by atoms with Gasteiger partial charge in [-0.2, -0.15) is 13.2 Å². The monoisotopic (exact) mass is 343 g/mol. The average Bonchev–Trinajstić information content (AvgIpc) is 3.10. The van der Waals surface area contributed by atoms with E-state index < -0.39 is 11.7 Å². The lowest BCUT2D eigenvalue weighted by atomic mass is 10.3. The molecule has 122 valence electrons. The predicted molar refractivity (Wildman–Crippen MR) is 75.7 cm³/mol. The van der Waals surface area contributed by atoms with Gasteiger partial charge in [0.15, 0.2) is 16.6 Å². The maximum Gasteiger partial charge on any atom is 0.417 e. The fourth-order valence-electron chi connectivity index (χ4n) is 1.98. The number of nitrogens with zero attached hydrogens (tertiary/aromatic N) is 7. The van der Waals surface area contributed by atoms with Crippen LogP contribution in [0.25, 0.3) is 5.65 Å². The molecule has 0 aliphatic carbocycles. The number of halogens is 3. The van der Waals surface area contributed by atoms with Crippen molar-refractivity contribution >= 4 is 17.4 Å². The fraction of sp³-hybridized carbons (Fsp3) is 0.417. The molecule has 3 rings (SSSR count). The summed E-state index contributed by atoms with van der Waals surface area (Å²) in [5.74, 6) is 1.03. The first-order valence-corrected chi connectivity index (χ1v) is 7.77. The van der Waals surface area contributed by atoms with Gasteiger partial charge in [-0.3, -0.25) is 4.40 Å². The summed E-state index contributed by atoms with van der Waals surface area (Å²) in [6, 6.07) is 2.28. The summed E-state index contributed by atoms with van der Waals surface area (Å²) in [6.45, 7) is 2.69. The summed E-state index contributed by atoms with van der Waals surface area (Å²) < 4.78 is 41.4. The van der Waals surface area contributed by atoms with Crippen LogP contribution in [-0.4, -0.2) is 34.8 Å². The molecule has 0 amide bonds. The standard InChI is InChI=1S/C12H12F3N7S/c1-2-5-22-10(17-19-20-22)7-23-11-18-16-9-4-3-8(6-21(9)11)12(13,14)15/h3-4,6H,2,5,7H2,1H3. The highest BCUT2D eigenvalue weighted by Gasteiger charge is 2.31. The topological polar surface area (TPSA) is 73.8 Å². The Morgan fingerprint density at radius 1 is 1.17 bits per heavy atom. The summed E-state index contributed by atoms with van der Waals surface area (Å²) in [7, 11) is 0. The number of tetrazole rings is 1. The minimum Gasteiger partial charge on any atom is -0.277 e. The lowest BCUT2D eigenvalue weighted by Gasteiger charge is -2.07. The summed E-state index contributed by atoms with van der Waals surface area (Å²) in [4.78, 5) is 0. The number of rotatable bonds is 5. The number of fused-ring (bicyclic) bond motifs is 1. The SMILES string of the molecule is CCCn1nnnc1CSc1nnc2ccc(C(F)(F)F)cn12. The minimum atomic E-state index is -4.41. The second-order valence-electron chi connectivity index (χ2n) is 4.73. The smallest absolute Gasteiger partial charge is 0.277 e. The van der Waals surface area contributed by atoms with E-state index in [0.717, 1.165) is 18.7 Å². The molecular formula is C12H12F3N7S. The van der Waals surface area contributed by atoms with E-state index in [1.807, 2.05) is 6.92 Å². The molecule has 3 aromatic rings. The van der Waals surface area contributed by atoms with Crippen molar-refractivity contribution in [2.24, 2.45) is 0 Å². The number of hydrogen-bond donors (Lipinski definition) is 0. The molecular weight excluding hydrogens is 331 g/mol. The van der Waals surface area contributed by atoms with Crippen LogP contribution >= 0.6 is 11.8 Å². The molecule has 0 bridgehead atoms. The summed E-state index contributed by atoms with van der Waals surface area (Å²) in [6.07, 6.45) is -2.54. The first kappa shape index (κ1) is 15.7. The molecule has 11 heteroatoms. The third kappa shape index (κ3) is 3.28. The molecule has 0 saturated heterocycles. The molecule has 0 spiro atoms. The van der Waals surface area contributed by atoms with Crippen LogP contribution in [0, 0.1) is 0 Å². The van der Waals surface area contributed by atoms with Crippen molar-refractivity contribution in [2.75, 3.05) is 0 Å². The van der Waals surface area contributed by atoms with Gasteiger partial charge in [-0.1, -0.05) is 18.7 Å². The van der Waals surface area contributed by atoms with E-state index in [9.17, 15) is 13.2 Å². The van der Waals surface area contributed by atoms with Crippen molar-refractivity contribution in [1.82, 2.24) is 34.8 Å². The Labute approximate surface area is 132 Å². The van der Waals surface area contributed by atoms with Crippen molar-refractivity contribution in [1.29, 1.82) is 0 Å². The Morgan fingerprint density at radius 2 is 2.00 bits per heavy atom. The largest absolute Gasteiger partial charge is 0.417 e. The molecule has 0 aliphatic rings. The van der Waals surface area contributed by atoms with Gasteiger partial charge in [0.2, 0.25) is 0 Å². The van der Waals surface area contributed by atoms with E-state index in [4.69, 9.17) is 0 Å². The van der Waals surface area contributed by atoms with E-state index in [0.29, 0.717) is 28.9 Å². The van der Waals surface area contributed by atoms with Crippen LogP contribution in [-0.2, 0) is 18.5 Å². The molecule has 0 saturated carbocycles. The number of thioether (sulfide) groups is 1. The van der Waals surface area contributed by atoms with Crippen molar-refractivity contribution in [3.8, 4) is 0 Å². The molecule has 3 heterocycles. The van der Waals surface area contributed by atoms with E-state index >= 15 is 0 Å². The van der Waals surface area contributed by atoms with Gasteiger partial charge in [-0.25, -0.2) is 4.68 Å². The minimum absolute atomic E-state index is 0.355. The zero-order valence-electron chi connectivity index (χ0n) is 12.0. The zero-order chi connectivity index (χ0) is 16.4. The first-order valence-electron chi connectivity index (χ1n) is 6.79. The number of alkyl halides is 3. The highest BCUT2D eigenvalue weighted by molar-refractivity contribution is 7.98. The number of hydrogen-bond acceptors (Lipinski definition) is 6. The van der Waals surface area contributed by atoms with Gasteiger partial charge in [0.1, 0.15) is 0 Å². The Balaban J connectivity index is 1.84. The van der Waals surface area contributed by atoms with Gasteiger partial charge in [-0.15, -0.1) is 15.3 Å². The van der Waals surface area contributed by atoms with Gasteiger partial charge in [0.05, 0.1) is 11.3 Å². The van der Waals surface area contributed by atoms with Crippen LogP contribution in [0.4, 0.5) is 13.2 Å². The van der Waals surface area contributed by atoms with Crippen LogP contribution < -0.4 is 0 Å². The lowest BCUT2D eigenvalue weighted by molar-refractivity contribution is -0.137. The summed E-state index contributed by atoms with van der Waals surface area (Å²) in [5, 5.41) is 19.5. The summed E-state index contributed by atoms with van der Waals surface area (Å²) in [5.41, 5.74) is -0.392. The Kier molecular flexibility index (Phi) is 4.20. The summed E-state index contributed by atoms with van der Waals surface area (Å²) >= 11 is 1.23. The molecule has 0 aromatic carbocycles. The van der Waals surface area contributed by atoms with Gasteiger partial charge in [0, 0.05) is 12.7 Å². The molecule has 23 heavy (non-hydrogen) atoms. The van der Waals surface area contributed by atoms with E-state index in [1.54, 1.807) is 4.68 Å². The third-order valence-corrected chi connectivity index (χ3v) is 4.01. The first-order chi connectivity index (χ1) is 11.0. The van der Waals surface area contributed by atoms with Crippen LogP contribution in [0.15, 0.2) is 23.5 Å². The highest BCUT2D eigenvalue weighted by Crippen LogP contribution is 2.30. The molecule has 0 radical (unpaired) electrons. The molecule has 7 nitrogen and oxygen atoms in total. The molecule has 0 atom stereocenters. The Hall–Kier alpha value is -2.17. The Bertz CT molecular complexity index is 810.